The number of carbonyl (C=O) groups excluding carboxylic acids is 1. The summed E-state index contributed by atoms with van der Waals surface area (Å²) in [5, 5.41) is 15.7. The second-order valence-corrected chi connectivity index (χ2v) is 6.55. The van der Waals surface area contributed by atoms with E-state index < -0.39 is 0 Å². The van der Waals surface area contributed by atoms with Crippen molar-refractivity contribution in [3.8, 4) is 17.2 Å². The number of hydrogen-bond acceptors (Lipinski definition) is 4. The Balaban J connectivity index is 1.90. The Morgan fingerprint density at radius 2 is 1.92 bits per heavy atom. The number of fused-ring (bicyclic) bond motifs is 1. The van der Waals surface area contributed by atoms with Gasteiger partial charge in [0.25, 0.3) is 0 Å². The molecule has 2 amide bonds. The molecular weight excluding hydrogens is 306 g/mol. The second-order valence-electron chi connectivity index (χ2n) is 6.55. The minimum absolute atomic E-state index is 0.0309. The van der Waals surface area contributed by atoms with Gasteiger partial charge in [-0.15, -0.1) is 0 Å². The molecule has 2 aromatic carbocycles. The highest BCUT2D eigenvalue weighted by molar-refractivity contribution is 5.91. The van der Waals surface area contributed by atoms with E-state index in [4.69, 9.17) is 4.42 Å². The molecule has 0 unspecified atom stereocenters. The van der Waals surface area contributed by atoms with Crippen molar-refractivity contribution in [1.82, 2.24) is 10.3 Å². The Kier molecular flexibility index (Phi) is 3.89. The van der Waals surface area contributed by atoms with E-state index in [1.54, 1.807) is 12.1 Å². The predicted octanol–water partition coefficient (Wildman–Crippen LogP) is 4.12. The number of nitrogens with one attached hydrogen (secondary N) is 2. The average molecular weight is 325 g/mol. The standard InChI is InChI=1S/C18H19N3O3/c1-18(2,3)21-17(23)19-11-8-9-14(22)12(10-11)16-20-13-6-4-5-7-15(13)24-16/h4-10,22H,1-3H3,(H2,19,21,23). The molecule has 3 N–H and O–H groups in total. The van der Waals surface area contributed by atoms with Gasteiger partial charge in [-0.1, -0.05) is 12.1 Å². The third-order valence-corrected chi connectivity index (χ3v) is 3.27. The highest BCUT2D eigenvalue weighted by atomic mass is 16.3. The number of anilines is 1. The lowest BCUT2D eigenvalue weighted by atomic mass is 10.1. The Morgan fingerprint density at radius 3 is 2.62 bits per heavy atom. The number of phenolic OH excluding ortho intramolecular Hbond substituents is 1. The molecule has 0 saturated carbocycles. The average Bonchev–Trinajstić information content (AvgIpc) is 2.91. The van der Waals surface area contributed by atoms with Crippen LogP contribution in [0.25, 0.3) is 22.6 Å². The maximum Gasteiger partial charge on any atom is 0.319 e. The molecule has 3 aromatic rings. The summed E-state index contributed by atoms with van der Waals surface area (Å²) in [4.78, 5) is 16.3. The third kappa shape index (κ3) is 3.48. The van der Waals surface area contributed by atoms with E-state index in [9.17, 15) is 9.90 Å². The van der Waals surface area contributed by atoms with Crippen molar-refractivity contribution < 1.29 is 14.3 Å². The fourth-order valence-electron chi connectivity index (χ4n) is 2.28. The van der Waals surface area contributed by atoms with Crippen molar-refractivity contribution in [3.63, 3.8) is 0 Å². The van der Waals surface area contributed by atoms with E-state index in [1.165, 1.54) is 6.07 Å². The van der Waals surface area contributed by atoms with Crippen LogP contribution in [0, 0.1) is 0 Å². The largest absolute Gasteiger partial charge is 0.507 e. The summed E-state index contributed by atoms with van der Waals surface area (Å²) in [6.45, 7) is 5.69. The van der Waals surface area contributed by atoms with Gasteiger partial charge in [0.05, 0.1) is 5.56 Å². The van der Waals surface area contributed by atoms with Crippen LogP contribution < -0.4 is 10.6 Å². The van der Waals surface area contributed by atoms with Crippen LogP contribution in [0.15, 0.2) is 46.9 Å². The predicted molar refractivity (Wildman–Crippen MR) is 93.0 cm³/mol. The van der Waals surface area contributed by atoms with Gasteiger partial charge in [-0.05, 0) is 51.1 Å². The molecule has 1 heterocycles. The fraction of sp³-hybridized carbons (Fsp3) is 0.222. The number of rotatable bonds is 2. The monoisotopic (exact) mass is 325 g/mol. The molecule has 3 rings (SSSR count). The van der Waals surface area contributed by atoms with Crippen LogP contribution in [-0.2, 0) is 0 Å². The van der Waals surface area contributed by atoms with Crippen LogP contribution in [0.2, 0.25) is 0 Å². The van der Waals surface area contributed by atoms with E-state index >= 15 is 0 Å². The molecule has 6 heteroatoms. The second kappa shape index (κ2) is 5.88. The zero-order valence-electron chi connectivity index (χ0n) is 13.8. The minimum atomic E-state index is -0.343. The molecule has 0 bridgehead atoms. The lowest BCUT2D eigenvalue weighted by Crippen LogP contribution is -2.43. The van der Waals surface area contributed by atoms with Gasteiger partial charge in [0.15, 0.2) is 5.58 Å². The highest BCUT2D eigenvalue weighted by Gasteiger charge is 2.16. The van der Waals surface area contributed by atoms with Gasteiger partial charge < -0.3 is 20.2 Å². The van der Waals surface area contributed by atoms with E-state index in [0.29, 0.717) is 28.2 Å². The van der Waals surface area contributed by atoms with Crippen LogP contribution in [0.4, 0.5) is 10.5 Å². The summed E-state index contributed by atoms with van der Waals surface area (Å²) in [6.07, 6.45) is 0. The SMILES string of the molecule is CC(C)(C)NC(=O)Nc1ccc(O)c(-c2nc3ccccc3o2)c1. The molecule has 0 radical (unpaired) electrons. The van der Waals surface area contributed by atoms with Crippen LogP contribution in [0.3, 0.4) is 0 Å². The number of aromatic nitrogens is 1. The van der Waals surface area contributed by atoms with E-state index in [-0.39, 0.29) is 17.3 Å². The summed E-state index contributed by atoms with van der Waals surface area (Å²) < 4.78 is 5.68. The number of aromatic hydroxyl groups is 1. The van der Waals surface area contributed by atoms with Gasteiger partial charge >= 0.3 is 6.03 Å². The van der Waals surface area contributed by atoms with Gasteiger partial charge in [-0.3, -0.25) is 0 Å². The van der Waals surface area contributed by atoms with Crippen molar-refractivity contribution in [1.29, 1.82) is 0 Å². The van der Waals surface area contributed by atoms with Crippen LogP contribution >= 0.6 is 0 Å². The molecule has 0 aliphatic heterocycles. The molecule has 0 spiro atoms. The summed E-state index contributed by atoms with van der Waals surface area (Å²) in [5.74, 6) is 0.330. The molecule has 124 valence electrons. The number of oxazole rings is 1. The lowest BCUT2D eigenvalue weighted by Gasteiger charge is -2.20. The topological polar surface area (TPSA) is 87.4 Å². The Hall–Kier alpha value is -3.02. The number of carbonyl (C=O) groups is 1. The molecule has 0 aliphatic carbocycles. The van der Waals surface area contributed by atoms with E-state index in [1.807, 2.05) is 45.0 Å². The van der Waals surface area contributed by atoms with Gasteiger partial charge in [0.2, 0.25) is 5.89 Å². The van der Waals surface area contributed by atoms with Crippen molar-refractivity contribution in [3.05, 3.63) is 42.5 Å². The fourth-order valence-corrected chi connectivity index (χ4v) is 2.28. The van der Waals surface area contributed by atoms with E-state index in [0.717, 1.165) is 0 Å². The summed E-state index contributed by atoms with van der Waals surface area (Å²) in [6, 6.07) is 11.8. The Morgan fingerprint density at radius 1 is 1.17 bits per heavy atom. The molecule has 24 heavy (non-hydrogen) atoms. The van der Waals surface area contributed by atoms with Crippen molar-refractivity contribution >= 4 is 22.8 Å². The number of amides is 2. The summed E-state index contributed by atoms with van der Waals surface area (Å²) in [7, 11) is 0. The third-order valence-electron chi connectivity index (χ3n) is 3.27. The van der Waals surface area contributed by atoms with E-state index in [2.05, 4.69) is 15.6 Å². The van der Waals surface area contributed by atoms with Gasteiger partial charge in [0, 0.05) is 11.2 Å². The van der Waals surface area contributed by atoms with Crippen molar-refractivity contribution in [2.24, 2.45) is 0 Å². The molecule has 1 aromatic heterocycles. The van der Waals surface area contributed by atoms with Crippen LogP contribution in [0.1, 0.15) is 20.8 Å². The Bertz CT molecular complexity index is 861. The number of phenols is 1. The molecule has 0 saturated heterocycles. The molecular formula is C18H19N3O3. The first-order valence-corrected chi connectivity index (χ1v) is 7.60. The maximum atomic E-state index is 12.0. The molecule has 0 atom stereocenters. The Labute approximate surface area is 139 Å². The smallest absolute Gasteiger partial charge is 0.319 e. The lowest BCUT2D eigenvalue weighted by molar-refractivity contribution is 0.244. The molecule has 0 fully saturated rings. The number of urea groups is 1. The van der Waals surface area contributed by atoms with Gasteiger partial charge in [-0.2, -0.15) is 0 Å². The zero-order valence-corrected chi connectivity index (χ0v) is 13.8. The molecule has 0 aliphatic rings. The normalized spacial score (nSPS) is 11.5. The zero-order chi connectivity index (χ0) is 17.3. The van der Waals surface area contributed by atoms with Gasteiger partial charge in [-0.25, -0.2) is 9.78 Å². The van der Waals surface area contributed by atoms with Gasteiger partial charge in [0.1, 0.15) is 11.3 Å². The maximum absolute atomic E-state index is 12.0. The minimum Gasteiger partial charge on any atom is -0.507 e. The van der Waals surface area contributed by atoms with Crippen LogP contribution in [-0.4, -0.2) is 21.7 Å². The first-order valence-electron chi connectivity index (χ1n) is 7.60. The molecule has 6 nitrogen and oxygen atoms in total. The highest BCUT2D eigenvalue weighted by Crippen LogP contribution is 2.33. The number of para-hydroxylation sites is 2. The van der Waals surface area contributed by atoms with Crippen molar-refractivity contribution in [2.45, 2.75) is 26.3 Å². The first kappa shape index (κ1) is 15.9. The van der Waals surface area contributed by atoms with Crippen LogP contribution in [0.5, 0.6) is 5.75 Å². The quantitative estimate of drug-likeness (QED) is 0.618. The number of hydrogen-bond donors (Lipinski definition) is 3. The summed E-state index contributed by atoms with van der Waals surface area (Å²) in [5.41, 5.74) is 1.95. The van der Waals surface area contributed by atoms with Crippen molar-refractivity contribution in [2.75, 3.05) is 5.32 Å². The number of nitrogens with zero attached hydrogens (tertiary/aromatic N) is 1. The first-order chi connectivity index (χ1) is 11.3. The summed E-state index contributed by atoms with van der Waals surface area (Å²) >= 11 is 0. The number of benzene rings is 2.